The number of rotatable bonds is 5. The smallest absolute Gasteiger partial charge is 0.273 e. The maximum absolute atomic E-state index is 10.9. The summed E-state index contributed by atoms with van der Waals surface area (Å²) in [6.45, 7) is 0. The minimum Gasteiger partial charge on any atom is -0.496 e. The summed E-state index contributed by atoms with van der Waals surface area (Å²) < 4.78 is 5.05. The molecule has 2 aromatic rings. The minimum absolute atomic E-state index is 0.0297. The van der Waals surface area contributed by atoms with Gasteiger partial charge in [0.1, 0.15) is 17.4 Å². The van der Waals surface area contributed by atoms with Gasteiger partial charge in [-0.1, -0.05) is 11.8 Å². The molecule has 0 spiro atoms. The van der Waals surface area contributed by atoms with E-state index in [2.05, 4.69) is 9.97 Å². The lowest BCUT2D eigenvalue weighted by atomic mass is 10.2. The number of anilines is 2. The predicted molar refractivity (Wildman–Crippen MR) is 80.1 cm³/mol. The van der Waals surface area contributed by atoms with E-state index in [0.717, 1.165) is 5.56 Å². The number of non-ortho nitro benzene ring substituents is 1. The van der Waals surface area contributed by atoms with Crippen molar-refractivity contribution in [1.29, 1.82) is 0 Å². The summed E-state index contributed by atoms with van der Waals surface area (Å²) in [5, 5.41) is 11.3. The molecule has 21 heavy (non-hydrogen) atoms. The van der Waals surface area contributed by atoms with E-state index in [-0.39, 0.29) is 17.3 Å². The molecule has 0 saturated heterocycles. The molecule has 0 saturated carbocycles. The molecule has 9 heteroatoms. The zero-order valence-corrected chi connectivity index (χ0v) is 12.0. The van der Waals surface area contributed by atoms with Crippen LogP contribution in [-0.4, -0.2) is 22.0 Å². The van der Waals surface area contributed by atoms with Crippen molar-refractivity contribution in [2.45, 2.75) is 10.9 Å². The van der Waals surface area contributed by atoms with Gasteiger partial charge < -0.3 is 16.2 Å². The molecule has 1 aromatic carbocycles. The van der Waals surface area contributed by atoms with Gasteiger partial charge in [0.15, 0.2) is 5.16 Å². The first-order valence-corrected chi connectivity index (χ1v) is 6.81. The Bertz CT molecular complexity index is 660. The van der Waals surface area contributed by atoms with Gasteiger partial charge in [0, 0.05) is 17.9 Å². The molecule has 1 heterocycles. The third kappa shape index (κ3) is 3.96. The van der Waals surface area contributed by atoms with E-state index >= 15 is 0 Å². The van der Waals surface area contributed by atoms with E-state index in [1.807, 2.05) is 0 Å². The normalized spacial score (nSPS) is 10.3. The van der Waals surface area contributed by atoms with Gasteiger partial charge >= 0.3 is 0 Å². The average Bonchev–Trinajstić information content (AvgIpc) is 2.43. The van der Waals surface area contributed by atoms with Gasteiger partial charge in [0.2, 0.25) is 0 Å². The number of aromatic nitrogens is 2. The van der Waals surface area contributed by atoms with Crippen LogP contribution in [0.3, 0.4) is 0 Å². The molecular weight excluding hydrogens is 294 g/mol. The summed E-state index contributed by atoms with van der Waals surface area (Å²) in [6.07, 6.45) is 0. The molecule has 0 bridgehead atoms. The Morgan fingerprint density at radius 2 is 1.90 bits per heavy atom. The highest BCUT2D eigenvalue weighted by Crippen LogP contribution is 2.27. The fraction of sp³-hybridized carbons (Fsp3) is 0.167. The van der Waals surface area contributed by atoms with E-state index in [4.69, 9.17) is 16.2 Å². The van der Waals surface area contributed by atoms with E-state index in [1.54, 1.807) is 6.07 Å². The summed E-state index contributed by atoms with van der Waals surface area (Å²) in [7, 11) is 1.46. The molecular formula is C12H13N5O3S. The highest BCUT2D eigenvalue weighted by molar-refractivity contribution is 7.98. The topological polar surface area (TPSA) is 130 Å². The Kier molecular flexibility index (Phi) is 4.43. The molecule has 8 nitrogen and oxygen atoms in total. The molecule has 0 aliphatic carbocycles. The number of nitro groups is 1. The molecule has 0 atom stereocenters. The molecule has 4 N–H and O–H groups in total. The monoisotopic (exact) mass is 307 g/mol. The van der Waals surface area contributed by atoms with Crippen LogP contribution in [0.4, 0.5) is 17.3 Å². The van der Waals surface area contributed by atoms with Crippen molar-refractivity contribution >= 4 is 29.1 Å². The van der Waals surface area contributed by atoms with E-state index in [1.165, 1.54) is 37.1 Å². The minimum atomic E-state index is -0.467. The molecule has 2 rings (SSSR count). The number of nitro benzene ring substituents is 1. The van der Waals surface area contributed by atoms with Crippen LogP contribution >= 0.6 is 11.8 Å². The average molecular weight is 307 g/mol. The third-order valence-corrected chi connectivity index (χ3v) is 3.43. The molecule has 1 aromatic heterocycles. The zero-order chi connectivity index (χ0) is 15.4. The third-order valence-electron chi connectivity index (χ3n) is 2.51. The number of hydrogen-bond acceptors (Lipinski definition) is 8. The first kappa shape index (κ1) is 14.9. The lowest BCUT2D eigenvalue weighted by Gasteiger charge is -2.05. The summed E-state index contributed by atoms with van der Waals surface area (Å²) in [6, 6.07) is 6.02. The van der Waals surface area contributed by atoms with Crippen molar-refractivity contribution in [3.8, 4) is 5.75 Å². The van der Waals surface area contributed by atoms with Crippen LogP contribution < -0.4 is 16.2 Å². The van der Waals surface area contributed by atoms with Gasteiger partial charge in [-0.15, -0.1) is 0 Å². The first-order chi connectivity index (χ1) is 9.97. The van der Waals surface area contributed by atoms with E-state index in [9.17, 15) is 10.1 Å². The number of nitrogens with two attached hydrogens (primary N) is 2. The fourth-order valence-corrected chi connectivity index (χ4v) is 2.43. The van der Waals surface area contributed by atoms with E-state index in [0.29, 0.717) is 16.7 Å². The number of methoxy groups -OCH3 is 1. The number of hydrogen-bond donors (Lipinski definition) is 2. The highest BCUT2D eigenvalue weighted by Gasteiger charge is 2.11. The molecule has 0 unspecified atom stereocenters. The van der Waals surface area contributed by atoms with Crippen molar-refractivity contribution in [2.24, 2.45) is 0 Å². The number of nitrogen functional groups attached to an aromatic ring is 2. The molecule has 0 aliphatic rings. The number of benzene rings is 1. The Balaban J connectivity index is 2.19. The van der Waals surface area contributed by atoms with Crippen LogP contribution in [0.1, 0.15) is 5.56 Å². The Labute approximate surface area is 124 Å². The quantitative estimate of drug-likeness (QED) is 0.370. The van der Waals surface area contributed by atoms with Crippen LogP contribution in [0.2, 0.25) is 0 Å². The van der Waals surface area contributed by atoms with Gasteiger partial charge in [0.25, 0.3) is 5.69 Å². The highest BCUT2D eigenvalue weighted by atomic mass is 32.2. The molecule has 0 radical (unpaired) electrons. The number of nitrogens with zero attached hydrogens (tertiary/aromatic N) is 3. The molecule has 110 valence electrons. The van der Waals surface area contributed by atoms with Gasteiger partial charge in [-0.05, 0) is 11.6 Å². The summed E-state index contributed by atoms with van der Waals surface area (Å²) in [4.78, 5) is 18.5. The Morgan fingerprint density at radius 3 is 2.48 bits per heavy atom. The SMILES string of the molecule is COc1cc(CSc2nc(N)cc(N)n2)cc([N+](=O)[O-])c1. The van der Waals surface area contributed by atoms with Gasteiger partial charge in [-0.25, -0.2) is 9.97 Å². The van der Waals surface area contributed by atoms with Crippen molar-refractivity contribution < 1.29 is 9.66 Å². The maximum Gasteiger partial charge on any atom is 0.273 e. The van der Waals surface area contributed by atoms with Crippen molar-refractivity contribution in [3.05, 3.63) is 39.9 Å². The molecule has 0 amide bonds. The zero-order valence-electron chi connectivity index (χ0n) is 11.1. The van der Waals surface area contributed by atoms with Gasteiger partial charge in [0.05, 0.1) is 18.1 Å². The second-order valence-electron chi connectivity index (χ2n) is 4.09. The van der Waals surface area contributed by atoms with Crippen LogP contribution in [0, 0.1) is 10.1 Å². The van der Waals surface area contributed by atoms with Crippen molar-refractivity contribution in [3.63, 3.8) is 0 Å². The lowest BCUT2D eigenvalue weighted by Crippen LogP contribution is -1.99. The second-order valence-corrected chi connectivity index (χ2v) is 5.03. The predicted octanol–water partition coefficient (Wildman–Crippen LogP) is 1.85. The second kappa shape index (κ2) is 6.27. The largest absolute Gasteiger partial charge is 0.496 e. The van der Waals surface area contributed by atoms with Crippen LogP contribution in [-0.2, 0) is 5.75 Å². The van der Waals surface area contributed by atoms with E-state index < -0.39 is 4.92 Å². The van der Waals surface area contributed by atoms with Crippen LogP contribution in [0.5, 0.6) is 5.75 Å². The Hall–Kier alpha value is -2.55. The first-order valence-electron chi connectivity index (χ1n) is 5.83. The fourth-order valence-electron chi connectivity index (χ4n) is 1.62. The lowest BCUT2D eigenvalue weighted by molar-refractivity contribution is -0.385. The number of thioether (sulfide) groups is 1. The van der Waals surface area contributed by atoms with Gasteiger partial charge in [-0.3, -0.25) is 10.1 Å². The molecule has 0 fully saturated rings. The number of ether oxygens (including phenoxy) is 1. The summed E-state index contributed by atoms with van der Waals surface area (Å²) in [5.41, 5.74) is 11.9. The van der Waals surface area contributed by atoms with Gasteiger partial charge in [-0.2, -0.15) is 0 Å². The standard InChI is InChI=1S/C12H13N5O3S/c1-20-9-3-7(2-8(4-9)17(18)19)6-21-12-15-10(13)5-11(14)16-12/h2-5H,6H2,1H3,(H4,13,14,15,16). The van der Waals surface area contributed by atoms with Crippen molar-refractivity contribution in [2.75, 3.05) is 18.6 Å². The maximum atomic E-state index is 10.9. The molecule has 0 aliphatic heterocycles. The summed E-state index contributed by atoms with van der Waals surface area (Å²) >= 11 is 1.28. The van der Waals surface area contributed by atoms with Crippen LogP contribution in [0.15, 0.2) is 29.4 Å². The van der Waals surface area contributed by atoms with Crippen molar-refractivity contribution in [1.82, 2.24) is 9.97 Å². The summed E-state index contributed by atoms with van der Waals surface area (Å²) in [5.74, 6) is 1.41. The van der Waals surface area contributed by atoms with Crippen LogP contribution in [0.25, 0.3) is 0 Å². The Morgan fingerprint density at radius 1 is 1.24 bits per heavy atom.